The van der Waals surface area contributed by atoms with Gasteiger partial charge in [0.1, 0.15) is 0 Å². The van der Waals surface area contributed by atoms with E-state index in [-0.39, 0.29) is 0 Å². The molecule has 0 amide bonds. The number of likely N-dealkylation sites (N-methyl/N-ethyl adjacent to an activating group) is 1. The molecule has 1 fully saturated rings. The van der Waals surface area contributed by atoms with Crippen molar-refractivity contribution in [1.29, 1.82) is 0 Å². The van der Waals surface area contributed by atoms with Crippen LogP contribution in [0.25, 0.3) is 0 Å². The van der Waals surface area contributed by atoms with Crippen LogP contribution in [0.4, 0.5) is 0 Å². The molecule has 0 bridgehead atoms. The van der Waals surface area contributed by atoms with Crippen LogP contribution in [0.3, 0.4) is 0 Å². The van der Waals surface area contributed by atoms with E-state index in [1.54, 1.807) is 0 Å². The van der Waals surface area contributed by atoms with Gasteiger partial charge >= 0.3 is 0 Å². The largest absolute Gasteiger partial charge is 0.313 e. The summed E-state index contributed by atoms with van der Waals surface area (Å²) in [5, 5.41) is 7.70. The van der Waals surface area contributed by atoms with E-state index < -0.39 is 0 Å². The molecule has 1 aromatic rings. The minimum absolute atomic E-state index is 0.824. The summed E-state index contributed by atoms with van der Waals surface area (Å²) in [5.41, 5.74) is 0. The quantitative estimate of drug-likeness (QED) is 0.711. The van der Waals surface area contributed by atoms with Crippen LogP contribution in [-0.2, 0) is 6.54 Å². The van der Waals surface area contributed by atoms with Crippen LogP contribution in [0.2, 0.25) is 0 Å². The third kappa shape index (κ3) is 4.01. The van der Waals surface area contributed by atoms with Gasteiger partial charge in [-0.3, -0.25) is 4.68 Å². The van der Waals surface area contributed by atoms with E-state index in [1.165, 1.54) is 12.8 Å². The number of rotatable bonds is 7. The zero-order valence-corrected chi connectivity index (χ0v) is 9.39. The Balaban J connectivity index is 1.53. The van der Waals surface area contributed by atoms with Crippen LogP contribution in [0, 0.1) is 0 Å². The van der Waals surface area contributed by atoms with E-state index in [0.29, 0.717) is 0 Å². The lowest BCUT2D eigenvalue weighted by Crippen LogP contribution is -2.32. The maximum Gasteiger partial charge on any atom is 0.0536 e. The summed E-state index contributed by atoms with van der Waals surface area (Å²) in [4.78, 5) is 2.34. The summed E-state index contributed by atoms with van der Waals surface area (Å²) >= 11 is 0. The number of nitrogens with one attached hydrogen (secondary N) is 1. The van der Waals surface area contributed by atoms with Gasteiger partial charge < -0.3 is 10.2 Å². The van der Waals surface area contributed by atoms with Gasteiger partial charge in [-0.05, 0) is 26.0 Å². The molecular formula is C11H20N4. The van der Waals surface area contributed by atoms with Crippen molar-refractivity contribution in [1.82, 2.24) is 20.0 Å². The van der Waals surface area contributed by atoms with Gasteiger partial charge in [0.2, 0.25) is 0 Å². The molecule has 0 aromatic carbocycles. The maximum atomic E-state index is 4.18. The third-order valence-electron chi connectivity index (χ3n) is 2.77. The fourth-order valence-electron chi connectivity index (χ4n) is 1.56. The van der Waals surface area contributed by atoms with Crippen molar-refractivity contribution in [2.45, 2.75) is 25.4 Å². The third-order valence-corrected chi connectivity index (χ3v) is 2.77. The molecule has 0 saturated heterocycles. The molecule has 0 radical (unpaired) electrons. The summed E-state index contributed by atoms with van der Waals surface area (Å²) in [6.07, 6.45) is 6.58. The van der Waals surface area contributed by atoms with Crippen molar-refractivity contribution in [3.05, 3.63) is 18.5 Å². The zero-order valence-electron chi connectivity index (χ0n) is 9.39. The van der Waals surface area contributed by atoms with Crippen molar-refractivity contribution < 1.29 is 0 Å². The van der Waals surface area contributed by atoms with E-state index in [9.17, 15) is 0 Å². The van der Waals surface area contributed by atoms with Crippen LogP contribution in [0.15, 0.2) is 18.5 Å². The van der Waals surface area contributed by atoms with Gasteiger partial charge in [0.15, 0.2) is 0 Å². The molecule has 4 heteroatoms. The lowest BCUT2D eigenvalue weighted by molar-refractivity contribution is 0.310. The van der Waals surface area contributed by atoms with Crippen molar-refractivity contribution in [2.24, 2.45) is 0 Å². The van der Waals surface area contributed by atoms with Gasteiger partial charge in [-0.1, -0.05) is 0 Å². The van der Waals surface area contributed by atoms with Crippen LogP contribution in [0.1, 0.15) is 12.8 Å². The molecule has 1 N–H and O–H groups in total. The Morgan fingerprint density at radius 2 is 2.33 bits per heavy atom. The minimum atomic E-state index is 0.824. The number of hydrogen-bond acceptors (Lipinski definition) is 3. The van der Waals surface area contributed by atoms with Crippen molar-refractivity contribution in [2.75, 3.05) is 26.7 Å². The highest BCUT2D eigenvalue weighted by molar-refractivity contribution is 4.81. The molecular weight excluding hydrogens is 188 g/mol. The highest BCUT2D eigenvalue weighted by Crippen LogP contribution is 2.17. The van der Waals surface area contributed by atoms with Gasteiger partial charge in [-0.2, -0.15) is 5.10 Å². The predicted molar refractivity (Wildman–Crippen MR) is 60.7 cm³/mol. The molecule has 2 rings (SSSR count). The fourth-order valence-corrected chi connectivity index (χ4v) is 1.56. The Bertz CT molecular complexity index is 266. The first kappa shape index (κ1) is 10.6. The van der Waals surface area contributed by atoms with Crippen LogP contribution >= 0.6 is 0 Å². The SMILES string of the molecule is CN(CCNC1CC1)CCn1cccn1. The molecule has 1 heterocycles. The Labute approximate surface area is 91.3 Å². The summed E-state index contributed by atoms with van der Waals surface area (Å²) in [5.74, 6) is 0. The molecule has 0 spiro atoms. The van der Waals surface area contributed by atoms with Crippen LogP contribution in [-0.4, -0.2) is 47.4 Å². The van der Waals surface area contributed by atoms with Crippen LogP contribution < -0.4 is 5.32 Å². The van der Waals surface area contributed by atoms with Crippen molar-refractivity contribution in [3.63, 3.8) is 0 Å². The molecule has 0 unspecified atom stereocenters. The first-order valence-corrected chi connectivity index (χ1v) is 5.74. The first-order valence-electron chi connectivity index (χ1n) is 5.74. The average Bonchev–Trinajstić information content (AvgIpc) is 2.91. The molecule has 0 atom stereocenters. The standard InChI is InChI=1S/C11H20N4/c1-14(8-6-12-11-3-4-11)9-10-15-7-2-5-13-15/h2,5,7,11-12H,3-4,6,8-10H2,1H3. The number of hydrogen-bond donors (Lipinski definition) is 1. The molecule has 1 saturated carbocycles. The Hall–Kier alpha value is -0.870. The van der Waals surface area contributed by atoms with E-state index in [1.807, 2.05) is 23.1 Å². The van der Waals surface area contributed by atoms with E-state index in [2.05, 4.69) is 22.4 Å². The molecule has 84 valence electrons. The summed E-state index contributed by atoms with van der Waals surface area (Å²) < 4.78 is 1.98. The molecule has 1 aliphatic rings. The summed E-state index contributed by atoms with van der Waals surface area (Å²) in [6, 6.07) is 2.79. The van der Waals surface area contributed by atoms with E-state index >= 15 is 0 Å². The molecule has 1 aromatic heterocycles. The molecule has 0 aliphatic heterocycles. The van der Waals surface area contributed by atoms with Gasteiger partial charge in [0, 0.05) is 38.1 Å². The molecule has 15 heavy (non-hydrogen) atoms. The fraction of sp³-hybridized carbons (Fsp3) is 0.727. The summed E-state index contributed by atoms with van der Waals surface area (Å²) in [6.45, 7) is 4.28. The van der Waals surface area contributed by atoms with E-state index in [4.69, 9.17) is 0 Å². The monoisotopic (exact) mass is 208 g/mol. The van der Waals surface area contributed by atoms with Gasteiger partial charge in [0.05, 0.1) is 6.54 Å². The molecule has 4 nitrogen and oxygen atoms in total. The van der Waals surface area contributed by atoms with Gasteiger partial charge in [0.25, 0.3) is 0 Å². The number of aromatic nitrogens is 2. The smallest absolute Gasteiger partial charge is 0.0536 e. The summed E-state index contributed by atoms with van der Waals surface area (Å²) in [7, 11) is 2.16. The topological polar surface area (TPSA) is 33.1 Å². The van der Waals surface area contributed by atoms with Gasteiger partial charge in [-0.25, -0.2) is 0 Å². The zero-order chi connectivity index (χ0) is 10.5. The van der Waals surface area contributed by atoms with Crippen LogP contribution in [0.5, 0.6) is 0 Å². The molecule has 1 aliphatic carbocycles. The second-order valence-corrected chi connectivity index (χ2v) is 4.30. The lowest BCUT2D eigenvalue weighted by atomic mass is 10.5. The van der Waals surface area contributed by atoms with Gasteiger partial charge in [-0.15, -0.1) is 0 Å². The Morgan fingerprint density at radius 1 is 1.47 bits per heavy atom. The van der Waals surface area contributed by atoms with Crippen molar-refractivity contribution >= 4 is 0 Å². The van der Waals surface area contributed by atoms with E-state index in [0.717, 1.165) is 32.2 Å². The first-order chi connectivity index (χ1) is 7.34. The number of nitrogens with zero attached hydrogens (tertiary/aromatic N) is 3. The lowest BCUT2D eigenvalue weighted by Gasteiger charge is -2.16. The predicted octanol–water partition coefficient (Wildman–Crippen LogP) is 0.567. The minimum Gasteiger partial charge on any atom is -0.313 e. The highest BCUT2D eigenvalue weighted by Gasteiger charge is 2.19. The Kier molecular flexibility index (Phi) is 3.75. The second kappa shape index (κ2) is 5.28. The second-order valence-electron chi connectivity index (χ2n) is 4.30. The normalized spacial score (nSPS) is 16.1. The maximum absolute atomic E-state index is 4.18. The highest BCUT2D eigenvalue weighted by atomic mass is 15.3. The average molecular weight is 208 g/mol. The Morgan fingerprint density at radius 3 is 3.00 bits per heavy atom. The van der Waals surface area contributed by atoms with Crippen molar-refractivity contribution in [3.8, 4) is 0 Å².